The van der Waals surface area contributed by atoms with E-state index in [0.29, 0.717) is 10.7 Å². The molecule has 0 fully saturated rings. The van der Waals surface area contributed by atoms with Crippen LogP contribution in [0.5, 0.6) is 0 Å². The van der Waals surface area contributed by atoms with Crippen LogP contribution < -0.4 is 0 Å². The van der Waals surface area contributed by atoms with Gasteiger partial charge in [0, 0.05) is 0 Å². The van der Waals surface area contributed by atoms with Crippen molar-refractivity contribution in [1.29, 1.82) is 0 Å². The largest absolute Gasteiger partial charge is 0.274 e. The molecule has 0 unspecified atom stereocenters. The van der Waals surface area contributed by atoms with Crippen LogP contribution in [0.3, 0.4) is 0 Å². The molecule has 0 saturated heterocycles. The molecule has 1 aromatic rings. The Morgan fingerprint density at radius 1 is 1.50 bits per heavy atom. The molecule has 0 spiro atoms. The Labute approximate surface area is 84.5 Å². The van der Waals surface area contributed by atoms with Crippen molar-refractivity contribution < 1.29 is 4.79 Å². The van der Waals surface area contributed by atoms with Gasteiger partial charge in [-0.2, -0.15) is 0 Å². The van der Waals surface area contributed by atoms with E-state index in [2.05, 4.69) is 4.98 Å². The van der Waals surface area contributed by atoms with E-state index in [0.717, 1.165) is 0 Å². The maximum atomic E-state index is 10.7. The van der Waals surface area contributed by atoms with Gasteiger partial charge in [-0.05, 0) is 24.6 Å². The normalized spacial score (nSPS) is 10.0. The Bertz CT molecular complexity index is 314. The highest BCUT2D eigenvalue weighted by Crippen LogP contribution is 2.25. The Balaban J connectivity index is 3.31. The number of rotatable bonds is 1. The topological polar surface area (TPSA) is 30.0 Å². The smallest absolute Gasteiger partial charge is 0.270 e. The zero-order valence-electron chi connectivity index (χ0n) is 6.07. The van der Waals surface area contributed by atoms with Gasteiger partial charge in [-0.3, -0.25) is 4.79 Å². The standard InChI is InChI=1S/C7H4Cl3NO/c1-3-6(9)4(8)2-5(11-3)7(10)12/h2H,1H3. The fourth-order valence-electron chi connectivity index (χ4n) is 0.719. The molecule has 0 amide bonds. The van der Waals surface area contributed by atoms with Crippen LogP contribution in [0.25, 0.3) is 0 Å². The minimum atomic E-state index is -0.642. The van der Waals surface area contributed by atoms with Crippen molar-refractivity contribution in [1.82, 2.24) is 4.98 Å². The van der Waals surface area contributed by atoms with Crippen molar-refractivity contribution in [3.63, 3.8) is 0 Å². The molecule has 0 radical (unpaired) electrons. The van der Waals surface area contributed by atoms with E-state index in [9.17, 15) is 4.79 Å². The summed E-state index contributed by atoms with van der Waals surface area (Å²) < 4.78 is 0. The highest BCUT2D eigenvalue weighted by atomic mass is 35.5. The molecule has 0 aromatic carbocycles. The molecule has 0 aliphatic carbocycles. The fourth-order valence-corrected chi connectivity index (χ4v) is 1.15. The van der Waals surface area contributed by atoms with Gasteiger partial charge in [-0.1, -0.05) is 23.2 Å². The zero-order valence-corrected chi connectivity index (χ0v) is 8.33. The number of halogens is 3. The lowest BCUT2D eigenvalue weighted by atomic mass is 10.3. The van der Waals surface area contributed by atoms with Crippen molar-refractivity contribution in [2.24, 2.45) is 0 Å². The predicted molar refractivity (Wildman–Crippen MR) is 49.2 cm³/mol. The molecule has 0 bridgehead atoms. The van der Waals surface area contributed by atoms with Crippen molar-refractivity contribution in [2.45, 2.75) is 6.92 Å². The number of hydrogen-bond acceptors (Lipinski definition) is 2. The van der Waals surface area contributed by atoms with E-state index in [-0.39, 0.29) is 10.7 Å². The molecule has 1 heterocycles. The van der Waals surface area contributed by atoms with Gasteiger partial charge in [0.1, 0.15) is 5.69 Å². The Hall–Kier alpha value is -0.310. The second kappa shape index (κ2) is 3.60. The second-order valence-corrected chi connectivity index (χ2v) is 3.29. The van der Waals surface area contributed by atoms with E-state index >= 15 is 0 Å². The molecule has 0 aliphatic heterocycles. The van der Waals surface area contributed by atoms with Crippen LogP contribution >= 0.6 is 34.8 Å². The lowest BCUT2D eigenvalue weighted by molar-refractivity contribution is 0.107. The zero-order chi connectivity index (χ0) is 9.30. The van der Waals surface area contributed by atoms with Crippen LogP contribution in [0.15, 0.2) is 6.07 Å². The minimum Gasteiger partial charge on any atom is -0.274 e. The van der Waals surface area contributed by atoms with Gasteiger partial charge in [-0.25, -0.2) is 4.98 Å². The van der Waals surface area contributed by atoms with Crippen LogP contribution in [0.4, 0.5) is 0 Å². The molecular formula is C7H4Cl3NO. The molecule has 0 saturated carbocycles. The molecule has 5 heteroatoms. The molecular weight excluding hydrogens is 220 g/mol. The first-order chi connectivity index (χ1) is 5.52. The average molecular weight is 224 g/mol. The first kappa shape index (κ1) is 9.78. The third-order valence-electron chi connectivity index (χ3n) is 1.28. The lowest BCUT2D eigenvalue weighted by Crippen LogP contribution is -1.96. The highest BCUT2D eigenvalue weighted by molar-refractivity contribution is 6.67. The van der Waals surface area contributed by atoms with E-state index in [1.54, 1.807) is 6.92 Å². The number of carbonyl (C=O) groups is 1. The van der Waals surface area contributed by atoms with Gasteiger partial charge < -0.3 is 0 Å². The molecule has 1 aromatic heterocycles. The number of hydrogen-bond donors (Lipinski definition) is 0. The van der Waals surface area contributed by atoms with Crippen LogP contribution in [0.2, 0.25) is 10.0 Å². The van der Waals surface area contributed by atoms with Gasteiger partial charge in [0.05, 0.1) is 15.7 Å². The summed E-state index contributed by atoms with van der Waals surface area (Å²) >= 11 is 16.6. The molecule has 12 heavy (non-hydrogen) atoms. The van der Waals surface area contributed by atoms with Crippen molar-refractivity contribution >= 4 is 40.0 Å². The first-order valence-corrected chi connectivity index (χ1v) is 4.18. The highest BCUT2D eigenvalue weighted by Gasteiger charge is 2.09. The summed E-state index contributed by atoms with van der Waals surface area (Å²) in [5.41, 5.74) is 0.608. The van der Waals surface area contributed by atoms with Gasteiger partial charge in [-0.15, -0.1) is 0 Å². The second-order valence-electron chi connectivity index (χ2n) is 2.16. The third kappa shape index (κ3) is 1.89. The van der Waals surface area contributed by atoms with Crippen LogP contribution in [0, 0.1) is 6.92 Å². The summed E-state index contributed by atoms with van der Waals surface area (Å²) in [6.45, 7) is 1.65. The maximum absolute atomic E-state index is 10.7. The van der Waals surface area contributed by atoms with Crippen LogP contribution in [-0.2, 0) is 0 Å². The summed E-state index contributed by atoms with van der Waals surface area (Å²) in [5, 5.41) is -0.0110. The van der Waals surface area contributed by atoms with E-state index in [1.807, 2.05) is 0 Å². The molecule has 1 rings (SSSR count). The molecule has 2 nitrogen and oxygen atoms in total. The van der Waals surface area contributed by atoms with Gasteiger partial charge >= 0.3 is 0 Å². The summed E-state index contributed by atoms with van der Waals surface area (Å²) in [6, 6.07) is 1.34. The van der Waals surface area contributed by atoms with E-state index < -0.39 is 5.24 Å². The number of nitrogens with zero attached hydrogens (tertiary/aromatic N) is 1. The number of aromatic nitrogens is 1. The molecule has 0 atom stereocenters. The van der Waals surface area contributed by atoms with Crippen molar-refractivity contribution in [2.75, 3.05) is 0 Å². The third-order valence-corrected chi connectivity index (χ3v) is 2.35. The molecule has 64 valence electrons. The quantitative estimate of drug-likeness (QED) is 0.686. The van der Waals surface area contributed by atoms with E-state index in [4.69, 9.17) is 34.8 Å². The van der Waals surface area contributed by atoms with Gasteiger partial charge in [0.2, 0.25) is 0 Å². The number of aryl methyl sites for hydroxylation is 1. The Morgan fingerprint density at radius 3 is 2.50 bits per heavy atom. The van der Waals surface area contributed by atoms with Gasteiger partial charge in [0.15, 0.2) is 0 Å². The number of pyridine rings is 1. The van der Waals surface area contributed by atoms with Crippen molar-refractivity contribution in [3.05, 3.63) is 27.5 Å². The first-order valence-electron chi connectivity index (χ1n) is 3.05. The SMILES string of the molecule is Cc1nc(C(=O)Cl)cc(Cl)c1Cl. The number of carbonyl (C=O) groups excluding carboxylic acids is 1. The van der Waals surface area contributed by atoms with E-state index in [1.165, 1.54) is 6.07 Å². The predicted octanol–water partition coefficient (Wildman–Crippen LogP) is 3.08. The lowest BCUT2D eigenvalue weighted by Gasteiger charge is -2.00. The minimum absolute atomic E-state index is 0.114. The summed E-state index contributed by atoms with van der Waals surface area (Å²) in [6.07, 6.45) is 0. The van der Waals surface area contributed by atoms with Crippen molar-refractivity contribution in [3.8, 4) is 0 Å². The van der Waals surface area contributed by atoms with Gasteiger partial charge in [0.25, 0.3) is 5.24 Å². The molecule has 0 N–H and O–H groups in total. The summed E-state index contributed by atoms with van der Waals surface area (Å²) in [7, 11) is 0. The maximum Gasteiger partial charge on any atom is 0.270 e. The summed E-state index contributed by atoms with van der Waals surface area (Å²) in [4.78, 5) is 14.5. The fraction of sp³-hybridized carbons (Fsp3) is 0.143. The average Bonchev–Trinajstić information content (AvgIpc) is 1.99. The van der Waals surface area contributed by atoms with Crippen LogP contribution in [0.1, 0.15) is 16.2 Å². The Kier molecular flexibility index (Phi) is 2.94. The Morgan fingerprint density at radius 2 is 2.08 bits per heavy atom. The monoisotopic (exact) mass is 223 g/mol. The molecule has 0 aliphatic rings. The van der Waals surface area contributed by atoms with Crippen LogP contribution in [-0.4, -0.2) is 10.2 Å². The summed E-state index contributed by atoms with van der Waals surface area (Å²) in [5.74, 6) is 0.